The number of hydrogen-bond acceptors (Lipinski definition) is 2. The minimum absolute atomic E-state index is 0.133. The van der Waals surface area contributed by atoms with Crippen LogP contribution in [0.4, 0.5) is 17.1 Å². The maximum Gasteiger partial charge on any atom is 0.136 e. The molecule has 2 nitrogen and oxygen atoms in total. The molecule has 1 aromatic heterocycles. The second-order valence-corrected chi connectivity index (χ2v) is 15.3. The SMILES string of the molecule is CC1(C)c2ccccc2-c2ccc(N(c3cccc(-c4cccc5ccc6oc7ccccc7c6c45)c3)c3ccccc3-c3cccc4ccccc34)cc21. The van der Waals surface area contributed by atoms with E-state index in [0.717, 1.165) is 44.6 Å². The zero-order chi connectivity index (χ0) is 36.7. The van der Waals surface area contributed by atoms with Gasteiger partial charge in [0.1, 0.15) is 11.2 Å². The third-order valence-corrected chi connectivity index (χ3v) is 11.8. The molecule has 2 heteroatoms. The lowest BCUT2D eigenvalue weighted by atomic mass is 9.82. The highest BCUT2D eigenvalue weighted by Crippen LogP contribution is 2.52. The van der Waals surface area contributed by atoms with E-state index in [9.17, 15) is 0 Å². The molecule has 0 amide bonds. The van der Waals surface area contributed by atoms with Gasteiger partial charge in [-0.1, -0.05) is 159 Å². The number of nitrogens with zero attached hydrogens (tertiary/aromatic N) is 1. The van der Waals surface area contributed by atoms with Gasteiger partial charge in [-0.15, -0.1) is 0 Å². The number of benzene rings is 9. The van der Waals surface area contributed by atoms with Crippen LogP contribution in [-0.2, 0) is 5.41 Å². The molecule has 1 aliphatic rings. The van der Waals surface area contributed by atoms with E-state index in [1.165, 1.54) is 60.5 Å². The van der Waals surface area contributed by atoms with Gasteiger partial charge in [-0.25, -0.2) is 0 Å². The minimum atomic E-state index is -0.133. The Balaban J connectivity index is 1.16. The van der Waals surface area contributed by atoms with E-state index in [1.54, 1.807) is 0 Å². The van der Waals surface area contributed by atoms with Gasteiger partial charge in [-0.05, 0) is 97.6 Å². The topological polar surface area (TPSA) is 16.4 Å². The molecular formula is C53H37NO. The van der Waals surface area contributed by atoms with E-state index in [1.807, 2.05) is 6.07 Å². The third-order valence-electron chi connectivity index (χ3n) is 11.8. The van der Waals surface area contributed by atoms with E-state index in [0.29, 0.717) is 0 Å². The van der Waals surface area contributed by atoms with Crippen LogP contribution < -0.4 is 4.90 Å². The van der Waals surface area contributed by atoms with Crippen LogP contribution in [0.3, 0.4) is 0 Å². The van der Waals surface area contributed by atoms with Crippen molar-refractivity contribution in [3.8, 4) is 33.4 Å². The summed E-state index contributed by atoms with van der Waals surface area (Å²) in [7, 11) is 0. The highest BCUT2D eigenvalue weighted by molar-refractivity contribution is 6.23. The van der Waals surface area contributed by atoms with Crippen LogP contribution in [0, 0.1) is 0 Å². The normalized spacial score (nSPS) is 13.1. The third kappa shape index (κ3) is 4.81. The molecule has 1 aliphatic carbocycles. The molecule has 0 atom stereocenters. The maximum absolute atomic E-state index is 6.38. The first-order chi connectivity index (χ1) is 27.0. The first kappa shape index (κ1) is 31.6. The van der Waals surface area contributed by atoms with Crippen molar-refractivity contribution < 1.29 is 4.42 Å². The van der Waals surface area contributed by atoms with E-state index >= 15 is 0 Å². The monoisotopic (exact) mass is 703 g/mol. The minimum Gasteiger partial charge on any atom is -0.456 e. The van der Waals surface area contributed by atoms with Gasteiger partial charge in [0, 0.05) is 38.5 Å². The quantitative estimate of drug-likeness (QED) is 0.177. The Kier molecular flexibility index (Phi) is 6.93. The number of rotatable bonds is 5. The van der Waals surface area contributed by atoms with Gasteiger partial charge in [-0.3, -0.25) is 0 Å². The Bertz CT molecular complexity index is 3140. The van der Waals surface area contributed by atoms with E-state index in [4.69, 9.17) is 4.42 Å². The molecule has 0 spiro atoms. The van der Waals surface area contributed by atoms with Crippen molar-refractivity contribution in [1.82, 2.24) is 0 Å². The molecule has 9 aromatic carbocycles. The van der Waals surface area contributed by atoms with Crippen LogP contribution in [-0.4, -0.2) is 0 Å². The first-order valence-corrected chi connectivity index (χ1v) is 19.1. The van der Waals surface area contributed by atoms with Gasteiger partial charge in [0.15, 0.2) is 0 Å². The van der Waals surface area contributed by atoms with Gasteiger partial charge >= 0.3 is 0 Å². The van der Waals surface area contributed by atoms with Gasteiger partial charge < -0.3 is 9.32 Å². The summed E-state index contributed by atoms with van der Waals surface area (Å²) in [4.78, 5) is 2.47. The average Bonchev–Trinajstić information content (AvgIpc) is 3.73. The predicted molar refractivity (Wildman–Crippen MR) is 232 cm³/mol. The highest BCUT2D eigenvalue weighted by atomic mass is 16.3. The van der Waals surface area contributed by atoms with Crippen molar-refractivity contribution in [2.45, 2.75) is 19.3 Å². The molecular weight excluding hydrogens is 667 g/mol. The second-order valence-electron chi connectivity index (χ2n) is 15.3. The Morgan fingerprint density at radius 1 is 0.400 bits per heavy atom. The summed E-state index contributed by atoms with van der Waals surface area (Å²) in [6.45, 7) is 4.72. The number of para-hydroxylation sites is 2. The lowest BCUT2D eigenvalue weighted by molar-refractivity contribution is 0.660. The van der Waals surface area contributed by atoms with Crippen LogP contribution in [0.15, 0.2) is 192 Å². The summed E-state index contributed by atoms with van der Waals surface area (Å²) in [5, 5.41) is 7.17. The van der Waals surface area contributed by atoms with Gasteiger partial charge in [0.25, 0.3) is 0 Å². The summed E-state index contributed by atoms with van der Waals surface area (Å²) in [6.07, 6.45) is 0. The molecule has 260 valence electrons. The molecule has 0 bridgehead atoms. The molecule has 10 aromatic rings. The van der Waals surface area contributed by atoms with Gasteiger partial charge in [-0.2, -0.15) is 0 Å². The molecule has 0 aliphatic heterocycles. The highest BCUT2D eigenvalue weighted by Gasteiger charge is 2.36. The van der Waals surface area contributed by atoms with E-state index < -0.39 is 0 Å². The zero-order valence-corrected chi connectivity index (χ0v) is 30.8. The molecule has 0 fully saturated rings. The van der Waals surface area contributed by atoms with Crippen molar-refractivity contribution in [2.75, 3.05) is 4.90 Å². The lowest BCUT2D eigenvalue weighted by Gasteiger charge is -2.30. The summed E-state index contributed by atoms with van der Waals surface area (Å²) < 4.78 is 6.38. The molecule has 0 saturated heterocycles. The summed E-state index contributed by atoms with van der Waals surface area (Å²) >= 11 is 0. The molecule has 0 saturated carbocycles. The number of hydrogen-bond donors (Lipinski definition) is 0. The Hall–Kier alpha value is -6.90. The fraction of sp³-hybridized carbons (Fsp3) is 0.0566. The summed E-state index contributed by atoms with van der Waals surface area (Å²) in [6, 6.07) is 68.5. The fourth-order valence-corrected chi connectivity index (χ4v) is 9.26. The smallest absolute Gasteiger partial charge is 0.136 e. The molecule has 11 rings (SSSR count). The molecule has 1 heterocycles. The Morgan fingerprint density at radius 2 is 1.05 bits per heavy atom. The zero-order valence-electron chi connectivity index (χ0n) is 30.8. The lowest BCUT2D eigenvalue weighted by Crippen LogP contribution is -2.17. The van der Waals surface area contributed by atoms with Crippen molar-refractivity contribution in [2.24, 2.45) is 0 Å². The average molecular weight is 704 g/mol. The van der Waals surface area contributed by atoms with Gasteiger partial charge in [0.05, 0.1) is 5.69 Å². The van der Waals surface area contributed by atoms with E-state index in [2.05, 4.69) is 201 Å². The van der Waals surface area contributed by atoms with Gasteiger partial charge in [0.2, 0.25) is 0 Å². The molecule has 55 heavy (non-hydrogen) atoms. The standard InChI is InChI=1S/C53H37NO/c1-53(2)46-25-8-5-20-42(46)43-30-29-38(33-47(43)53)54(48-26-9-6-21-44(48)41-24-12-15-34-14-3-4-19-39(34)41)37-18-11-17-36(32-37)40-23-13-16-35-28-31-50-52(51(35)40)45-22-7-10-27-49(45)55-50/h3-33H,1-2H3. The molecule has 0 unspecified atom stereocenters. The number of furan rings is 1. The maximum atomic E-state index is 6.38. The van der Waals surface area contributed by atoms with Crippen molar-refractivity contribution in [1.29, 1.82) is 0 Å². The van der Waals surface area contributed by atoms with Crippen LogP contribution in [0.5, 0.6) is 0 Å². The fourth-order valence-electron chi connectivity index (χ4n) is 9.26. The molecule has 0 radical (unpaired) electrons. The van der Waals surface area contributed by atoms with Crippen molar-refractivity contribution >= 4 is 60.5 Å². The van der Waals surface area contributed by atoms with Crippen molar-refractivity contribution in [3.63, 3.8) is 0 Å². The van der Waals surface area contributed by atoms with Crippen LogP contribution in [0.25, 0.3) is 76.9 Å². The Morgan fingerprint density at radius 3 is 1.96 bits per heavy atom. The van der Waals surface area contributed by atoms with Crippen molar-refractivity contribution in [3.05, 3.63) is 199 Å². The van der Waals surface area contributed by atoms with E-state index in [-0.39, 0.29) is 5.41 Å². The summed E-state index contributed by atoms with van der Waals surface area (Å²) in [5.74, 6) is 0. The number of anilines is 3. The first-order valence-electron chi connectivity index (χ1n) is 19.1. The Labute approximate surface area is 320 Å². The molecule has 0 N–H and O–H groups in total. The van der Waals surface area contributed by atoms with Crippen LogP contribution in [0.2, 0.25) is 0 Å². The van der Waals surface area contributed by atoms with Crippen LogP contribution >= 0.6 is 0 Å². The number of fused-ring (bicyclic) bond motifs is 9. The summed E-state index contributed by atoms with van der Waals surface area (Å²) in [5.41, 5.74) is 15.1. The largest absolute Gasteiger partial charge is 0.456 e. The predicted octanol–water partition coefficient (Wildman–Crippen LogP) is 15.0. The van der Waals surface area contributed by atoms with Crippen LogP contribution in [0.1, 0.15) is 25.0 Å². The second kappa shape index (κ2) is 12.1.